The van der Waals surface area contributed by atoms with Crippen LogP contribution >= 0.6 is 11.3 Å². The number of nitrogens with zero attached hydrogens (tertiary/aromatic N) is 4. The van der Waals surface area contributed by atoms with E-state index < -0.39 is 0 Å². The summed E-state index contributed by atoms with van der Waals surface area (Å²) >= 11 is 1.55. The van der Waals surface area contributed by atoms with Crippen LogP contribution in [0.5, 0.6) is 0 Å². The van der Waals surface area contributed by atoms with Crippen molar-refractivity contribution in [3.05, 3.63) is 46.2 Å². The summed E-state index contributed by atoms with van der Waals surface area (Å²) in [4.78, 5) is 0.839. The Labute approximate surface area is 115 Å². The normalized spacial score (nSPS) is 11.3. The summed E-state index contributed by atoms with van der Waals surface area (Å²) in [5.74, 6) is 0.875. The number of aromatic nitrogens is 4. The predicted octanol–water partition coefficient (Wildman–Crippen LogP) is 1.59. The van der Waals surface area contributed by atoms with Gasteiger partial charge in [-0.25, -0.2) is 0 Å². The Morgan fingerprint density at radius 2 is 2.21 bits per heavy atom. The van der Waals surface area contributed by atoms with Gasteiger partial charge in [0.1, 0.15) is 5.01 Å². The molecule has 0 radical (unpaired) electrons. The lowest BCUT2D eigenvalue weighted by Gasteiger charge is -1.99. The molecule has 0 atom stereocenters. The Bertz CT molecular complexity index is 700. The first-order valence-corrected chi connectivity index (χ1v) is 7.03. The van der Waals surface area contributed by atoms with E-state index in [2.05, 4.69) is 46.5 Å². The molecule has 2 aromatic heterocycles. The van der Waals surface area contributed by atoms with Gasteiger partial charge in [0.25, 0.3) is 0 Å². The van der Waals surface area contributed by atoms with E-state index in [1.54, 1.807) is 11.3 Å². The van der Waals surface area contributed by atoms with Gasteiger partial charge < -0.3 is 5.73 Å². The Morgan fingerprint density at radius 3 is 3.00 bits per heavy atom. The number of nitrogens with two attached hydrogens (primary N) is 1. The molecule has 0 aliphatic rings. The fraction of sp³-hybridized carbons (Fsp3) is 0.308. The summed E-state index contributed by atoms with van der Waals surface area (Å²) in [5, 5.41) is 13.9. The van der Waals surface area contributed by atoms with Crippen LogP contribution in [0.2, 0.25) is 0 Å². The molecule has 0 spiro atoms. The zero-order valence-electron chi connectivity index (χ0n) is 10.7. The van der Waals surface area contributed by atoms with Gasteiger partial charge in [-0.1, -0.05) is 41.2 Å². The van der Waals surface area contributed by atoms with E-state index in [0.717, 1.165) is 28.6 Å². The number of fused-ring (bicyclic) bond motifs is 1. The van der Waals surface area contributed by atoms with Crippen molar-refractivity contribution in [3.8, 4) is 0 Å². The lowest BCUT2D eigenvalue weighted by Crippen LogP contribution is -2.04. The standard InChI is InChI=1S/C13H15N5S/c1-9-3-2-4-10(7-9)8-11-15-16-13-18(11)17-12(19-13)5-6-14/h2-4,7H,5-6,8,14H2,1H3. The van der Waals surface area contributed by atoms with E-state index >= 15 is 0 Å². The number of aryl methyl sites for hydroxylation is 1. The SMILES string of the molecule is Cc1cccc(Cc2nnc3sc(CCN)nn23)c1. The molecule has 98 valence electrons. The van der Waals surface area contributed by atoms with Gasteiger partial charge in [-0.15, -0.1) is 10.2 Å². The van der Waals surface area contributed by atoms with E-state index in [-0.39, 0.29) is 0 Å². The van der Waals surface area contributed by atoms with Crippen LogP contribution in [0.3, 0.4) is 0 Å². The Morgan fingerprint density at radius 1 is 1.32 bits per heavy atom. The molecule has 19 heavy (non-hydrogen) atoms. The average molecular weight is 273 g/mol. The maximum absolute atomic E-state index is 5.55. The molecule has 5 nitrogen and oxygen atoms in total. The molecule has 0 aliphatic heterocycles. The largest absolute Gasteiger partial charge is 0.330 e. The van der Waals surface area contributed by atoms with Gasteiger partial charge in [-0.2, -0.15) is 9.61 Å². The number of benzene rings is 1. The molecule has 0 saturated heterocycles. The maximum atomic E-state index is 5.55. The summed E-state index contributed by atoms with van der Waals surface area (Å²) in [7, 11) is 0. The Balaban J connectivity index is 1.92. The Hall–Kier alpha value is -1.79. The molecule has 0 amide bonds. The second-order valence-electron chi connectivity index (χ2n) is 4.51. The van der Waals surface area contributed by atoms with Crippen LogP contribution in [0.4, 0.5) is 0 Å². The first kappa shape index (κ1) is 12.3. The van der Waals surface area contributed by atoms with E-state index in [1.807, 2.05) is 4.52 Å². The third-order valence-corrected chi connectivity index (χ3v) is 3.86. The Kier molecular flexibility index (Phi) is 3.27. The first-order valence-electron chi connectivity index (χ1n) is 6.22. The second kappa shape index (κ2) is 5.07. The van der Waals surface area contributed by atoms with Crippen LogP contribution in [0, 0.1) is 6.92 Å². The smallest absolute Gasteiger partial charge is 0.234 e. The highest BCUT2D eigenvalue weighted by molar-refractivity contribution is 7.16. The van der Waals surface area contributed by atoms with Crippen molar-refractivity contribution < 1.29 is 0 Å². The summed E-state index contributed by atoms with van der Waals surface area (Å²) in [5.41, 5.74) is 8.03. The van der Waals surface area contributed by atoms with Crippen LogP contribution in [-0.2, 0) is 12.8 Å². The van der Waals surface area contributed by atoms with Crippen LogP contribution in [-0.4, -0.2) is 26.4 Å². The van der Waals surface area contributed by atoms with Crippen molar-refractivity contribution >= 4 is 16.3 Å². The van der Waals surface area contributed by atoms with Crippen LogP contribution in [0.25, 0.3) is 4.96 Å². The molecule has 6 heteroatoms. The van der Waals surface area contributed by atoms with Crippen molar-refractivity contribution in [3.63, 3.8) is 0 Å². The van der Waals surface area contributed by atoms with Crippen LogP contribution < -0.4 is 5.73 Å². The zero-order valence-corrected chi connectivity index (χ0v) is 11.5. The molecule has 3 rings (SSSR count). The van der Waals surface area contributed by atoms with E-state index in [0.29, 0.717) is 6.54 Å². The summed E-state index contributed by atoms with van der Waals surface area (Å²) in [6.07, 6.45) is 1.53. The number of hydrogen-bond acceptors (Lipinski definition) is 5. The molecule has 0 unspecified atom stereocenters. The molecule has 3 aromatic rings. The van der Waals surface area contributed by atoms with Gasteiger partial charge in [0.15, 0.2) is 5.82 Å². The highest BCUT2D eigenvalue weighted by Gasteiger charge is 2.11. The predicted molar refractivity (Wildman–Crippen MR) is 75.4 cm³/mol. The molecule has 1 aromatic carbocycles. The van der Waals surface area contributed by atoms with Gasteiger partial charge in [0, 0.05) is 12.8 Å². The van der Waals surface area contributed by atoms with Crippen molar-refractivity contribution in [1.82, 2.24) is 19.8 Å². The quantitative estimate of drug-likeness (QED) is 0.783. The van der Waals surface area contributed by atoms with Gasteiger partial charge in [-0.3, -0.25) is 0 Å². The lowest BCUT2D eigenvalue weighted by atomic mass is 10.1. The molecular formula is C13H15N5S. The van der Waals surface area contributed by atoms with Crippen molar-refractivity contribution in [2.24, 2.45) is 5.73 Å². The van der Waals surface area contributed by atoms with E-state index in [9.17, 15) is 0 Å². The fourth-order valence-corrected chi connectivity index (χ4v) is 2.90. The van der Waals surface area contributed by atoms with Gasteiger partial charge in [0.05, 0.1) is 0 Å². The molecule has 2 N–H and O–H groups in total. The molecule has 0 saturated carbocycles. The minimum absolute atomic E-state index is 0.608. The van der Waals surface area contributed by atoms with Gasteiger partial charge in [0.2, 0.25) is 4.96 Å². The summed E-state index contributed by atoms with van der Waals surface area (Å²) in [6.45, 7) is 2.70. The van der Waals surface area contributed by atoms with Gasteiger partial charge in [-0.05, 0) is 19.0 Å². The molecule has 0 aliphatic carbocycles. The lowest BCUT2D eigenvalue weighted by molar-refractivity contribution is 0.813. The highest BCUT2D eigenvalue weighted by atomic mass is 32.1. The monoisotopic (exact) mass is 273 g/mol. The molecule has 0 fully saturated rings. The van der Waals surface area contributed by atoms with Crippen molar-refractivity contribution in [2.75, 3.05) is 6.54 Å². The minimum Gasteiger partial charge on any atom is -0.330 e. The third kappa shape index (κ3) is 2.50. The van der Waals surface area contributed by atoms with E-state index in [4.69, 9.17) is 5.73 Å². The number of hydrogen-bond donors (Lipinski definition) is 1. The second-order valence-corrected chi connectivity index (χ2v) is 5.55. The fourth-order valence-electron chi connectivity index (χ4n) is 2.04. The zero-order chi connectivity index (χ0) is 13.2. The topological polar surface area (TPSA) is 69.1 Å². The highest BCUT2D eigenvalue weighted by Crippen LogP contribution is 2.16. The van der Waals surface area contributed by atoms with Crippen molar-refractivity contribution in [1.29, 1.82) is 0 Å². The van der Waals surface area contributed by atoms with Crippen LogP contribution in [0.15, 0.2) is 24.3 Å². The first-order chi connectivity index (χ1) is 9.26. The van der Waals surface area contributed by atoms with E-state index in [1.165, 1.54) is 11.1 Å². The molecule has 0 bridgehead atoms. The van der Waals surface area contributed by atoms with Gasteiger partial charge >= 0.3 is 0 Å². The average Bonchev–Trinajstić information content (AvgIpc) is 2.92. The maximum Gasteiger partial charge on any atom is 0.234 e. The number of rotatable bonds is 4. The minimum atomic E-state index is 0.608. The summed E-state index contributed by atoms with van der Waals surface area (Å²) in [6, 6.07) is 8.41. The van der Waals surface area contributed by atoms with Crippen molar-refractivity contribution in [2.45, 2.75) is 19.8 Å². The third-order valence-electron chi connectivity index (χ3n) is 2.90. The molecule has 2 heterocycles. The summed E-state index contributed by atoms with van der Waals surface area (Å²) < 4.78 is 1.83. The molecular weight excluding hydrogens is 258 g/mol. The van der Waals surface area contributed by atoms with Crippen LogP contribution in [0.1, 0.15) is 22.0 Å².